The summed E-state index contributed by atoms with van der Waals surface area (Å²) in [5.74, 6) is -3.04. The van der Waals surface area contributed by atoms with E-state index in [0.29, 0.717) is 0 Å². The first-order valence-corrected chi connectivity index (χ1v) is 6.81. The normalized spacial score (nSPS) is 28.4. The van der Waals surface area contributed by atoms with Gasteiger partial charge in [0.25, 0.3) is 0 Å². The van der Waals surface area contributed by atoms with Gasteiger partial charge in [-0.05, 0) is 31.9 Å². The average Bonchev–Trinajstić information content (AvgIpc) is 2.62. The number of halogens is 1. The number of nitrogens with one attached hydrogen (secondary N) is 1. The monoisotopic (exact) mass is 295 g/mol. The summed E-state index contributed by atoms with van der Waals surface area (Å²) in [6.45, 7) is 5.59. The molecule has 1 aliphatic rings. The minimum absolute atomic E-state index is 0.00170. The van der Waals surface area contributed by atoms with Crippen LogP contribution in [0.25, 0.3) is 0 Å². The van der Waals surface area contributed by atoms with Crippen LogP contribution in [0.3, 0.4) is 0 Å². The minimum Gasteiger partial charge on any atom is -0.478 e. The zero-order valence-corrected chi connectivity index (χ0v) is 12.1. The average molecular weight is 295 g/mol. The molecule has 6 heteroatoms. The lowest BCUT2D eigenvalue weighted by atomic mass is 9.88. The van der Waals surface area contributed by atoms with Crippen LogP contribution < -0.4 is 5.32 Å². The van der Waals surface area contributed by atoms with Crippen LogP contribution in [0.15, 0.2) is 18.2 Å². The molecule has 1 aromatic carbocycles. The summed E-state index contributed by atoms with van der Waals surface area (Å²) in [4.78, 5) is 23.5. The van der Waals surface area contributed by atoms with Gasteiger partial charge in [0.15, 0.2) is 0 Å². The third kappa shape index (κ3) is 2.90. The smallest absolute Gasteiger partial charge is 0.340 e. The Balaban J connectivity index is 2.25. The molecule has 4 unspecified atom stereocenters. The molecular formula is C15H18FNO4. The zero-order valence-electron chi connectivity index (χ0n) is 12.1. The van der Waals surface area contributed by atoms with Crippen molar-refractivity contribution in [3.05, 3.63) is 29.6 Å². The zero-order chi connectivity index (χ0) is 15.7. The molecule has 0 saturated carbocycles. The number of carboxylic acid groups (broad SMARTS) is 1. The Bertz CT molecular complexity index is 575. The Morgan fingerprint density at radius 1 is 1.24 bits per heavy atom. The highest BCUT2D eigenvalue weighted by molar-refractivity contribution is 6.01. The maximum Gasteiger partial charge on any atom is 0.340 e. The number of benzene rings is 1. The van der Waals surface area contributed by atoms with Gasteiger partial charge in [0.1, 0.15) is 11.4 Å². The summed E-state index contributed by atoms with van der Waals surface area (Å²) in [6, 6.07) is 3.78. The standard InChI is InChI=1S/C15H18FNO4/c1-7-8(2)21-9(3)12(7)14(18)17-11-6-4-5-10(16)13(11)15(19)20/h4-9,12H,1-3H3,(H,17,18)(H,19,20). The summed E-state index contributed by atoms with van der Waals surface area (Å²) >= 11 is 0. The van der Waals surface area contributed by atoms with Crippen LogP contribution in [0.2, 0.25) is 0 Å². The van der Waals surface area contributed by atoms with Crippen molar-refractivity contribution in [2.24, 2.45) is 11.8 Å². The van der Waals surface area contributed by atoms with Crippen LogP contribution in [0.5, 0.6) is 0 Å². The first kappa shape index (κ1) is 15.4. The predicted molar refractivity (Wildman–Crippen MR) is 74.7 cm³/mol. The van der Waals surface area contributed by atoms with Crippen molar-refractivity contribution in [2.75, 3.05) is 5.32 Å². The number of hydrogen-bond donors (Lipinski definition) is 2. The van der Waals surface area contributed by atoms with Gasteiger partial charge in [-0.25, -0.2) is 9.18 Å². The maximum atomic E-state index is 13.6. The SMILES string of the molecule is CC1OC(C)C(C(=O)Nc2cccc(F)c2C(=O)O)C1C. The van der Waals surface area contributed by atoms with Crippen LogP contribution in [-0.4, -0.2) is 29.2 Å². The molecule has 0 aromatic heterocycles. The molecule has 21 heavy (non-hydrogen) atoms. The van der Waals surface area contributed by atoms with E-state index < -0.39 is 23.3 Å². The van der Waals surface area contributed by atoms with Crippen molar-refractivity contribution in [1.82, 2.24) is 0 Å². The van der Waals surface area contributed by atoms with E-state index >= 15 is 0 Å². The molecule has 5 nitrogen and oxygen atoms in total. The van der Waals surface area contributed by atoms with Crippen molar-refractivity contribution >= 4 is 17.6 Å². The number of hydrogen-bond acceptors (Lipinski definition) is 3. The summed E-state index contributed by atoms with van der Waals surface area (Å²) in [7, 11) is 0. The molecule has 1 heterocycles. The van der Waals surface area contributed by atoms with E-state index in [1.54, 1.807) is 6.92 Å². The lowest BCUT2D eigenvalue weighted by molar-refractivity contribution is -0.121. The van der Waals surface area contributed by atoms with Crippen molar-refractivity contribution in [2.45, 2.75) is 33.0 Å². The molecule has 1 fully saturated rings. The Hall–Kier alpha value is -1.95. The van der Waals surface area contributed by atoms with Gasteiger partial charge in [0.05, 0.1) is 23.8 Å². The molecular weight excluding hydrogens is 277 g/mol. The van der Waals surface area contributed by atoms with E-state index in [4.69, 9.17) is 9.84 Å². The third-order valence-corrected chi connectivity index (χ3v) is 4.03. The van der Waals surface area contributed by atoms with E-state index in [1.807, 2.05) is 13.8 Å². The van der Waals surface area contributed by atoms with Crippen molar-refractivity contribution in [1.29, 1.82) is 0 Å². The third-order valence-electron chi connectivity index (χ3n) is 4.03. The van der Waals surface area contributed by atoms with E-state index in [2.05, 4.69) is 5.32 Å². The minimum atomic E-state index is -1.42. The lowest BCUT2D eigenvalue weighted by Gasteiger charge is -2.18. The number of carbonyl (C=O) groups excluding carboxylic acids is 1. The molecule has 0 aliphatic carbocycles. The first-order chi connectivity index (χ1) is 9.82. The number of aromatic carboxylic acids is 1. The van der Waals surface area contributed by atoms with Gasteiger partial charge in [-0.2, -0.15) is 0 Å². The second kappa shape index (κ2) is 5.81. The van der Waals surface area contributed by atoms with Gasteiger partial charge >= 0.3 is 5.97 Å². The molecule has 114 valence electrons. The first-order valence-electron chi connectivity index (χ1n) is 6.81. The highest BCUT2D eigenvalue weighted by Crippen LogP contribution is 2.33. The van der Waals surface area contributed by atoms with E-state index in [0.717, 1.165) is 6.07 Å². The summed E-state index contributed by atoms with van der Waals surface area (Å²) in [5.41, 5.74) is -0.565. The second-order valence-corrected chi connectivity index (χ2v) is 5.39. The number of carboxylic acids is 1. The van der Waals surface area contributed by atoms with Crippen molar-refractivity contribution < 1.29 is 23.8 Å². The molecule has 0 bridgehead atoms. The van der Waals surface area contributed by atoms with Crippen molar-refractivity contribution in [3.63, 3.8) is 0 Å². The van der Waals surface area contributed by atoms with Gasteiger partial charge < -0.3 is 15.2 Å². The fourth-order valence-electron chi connectivity index (χ4n) is 2.78. The van der Waals surface area contributed by atoms with E-state index in [-0.39, 0.29) is 29.7 Å². The quantitative estimate of drug-likeness (QED) is 0.898. The number of carbonyl (C=O) groups is 2. The molecule has 1 aromatic rings. The molecule has 0 spiro atoms. The Kier molecular flexibility index (Phi) is 4.27. The van der Waals surface area contributed by atoms with Gasteiger partial charge in [-0.3, -0.25) is 4.79 Å². The predicted octanol–water partition coefficient (Wildman–Crippen LogP) is 2.52. The van der Waals surface area contributed by atoms with E-state index in [1.165, 1.54) is 12.1 Å². The molecule has 4 atom stereocenters. The number of ether oxygens (including phenoxy) is 1. The fourth-order valence-corrected chi connectivity index (χ4v) is 2.78. The van der Waals surface area contributed by atoms with Crippen LogP contribution in [0.4, 0.5) is 10.1 Å². The van der Waals surface area contributed by atoms with Crippen molar-refractivity contribution in [3.8, 4) is 0 Å². The molecule has 1 saturated heterocycles. The van der Waals surface area contributed by atoms with Crippen LogP contribution in [0, 0.1) is 17.7 Å². The second-order valence-electron chi connectivity index (χ2n) is 5.39. The van der Waals surface area contributed by atoms with Crippen LogP contribution >= 0.6 is 0 Å². The van der Waals surface area contributed by atoms with Gasteiger partial charge in [-0.15, -0.1) is 0 Å². The highest BCUT2D eigenvalue weighted by atomic mass is 19.1. The van der Waals surface area contributed by atoms with Gasteiger partial charge in [0.2, 0.25) is 5.91 Å². The summed E-state index contributed by atoms with van der Waals surface area (Å²) in [5, 5.41) is 11.6. The van der Waals surface area contributed by atoms with Crippen LogP contribution in [-0.2, 0) is 9.53 Å². The topological polar surface area (TPSA) is 75.6 Å². The molecule has 2 rings (SSSR count). The number of anilines is 1. The number of amides is 1. The molecule has 1 aliphatic heterocycles. The lowest BCUT2D eigenvalue weighted by Crippen LogP contribution is -2.32. The highest BCUT2D eigenvalue weighted by Gasteiger charge is 2.41. The summed E-state index contributed by atoms with van der Waals surface area (Å²) in [6.07, 6.45) is -0.320. The molecule has 1 amide bonds. The molecule has 0 radical (unpaired) electrons. The van der Waals surface area contributed by atoms with Crippen LogP contribution in [0.1, 0.15) is 31.1 Å². The summed E-state index contributed by atoms with van der Waals surface area (Å²) < 4.78 is 19.2. The maximum absolute atomic E-state index is 13.6. The van der Waals surface area contributed by atoms with Gasteiger partial charge in [-0.1, -0.05) is 13.0 Å². The Labute approximate surface area is 122 Å². The Morgan fingerprint density at radius 3 is 2.43 bits per heavy atom. The Morgan fingerprint density at radius 2 is 1.90 bits per heavy atom. The fraction of sp³-hybridized carbons (Fsp3) is 0.467. The molecule has 2 N–H and O–H groups in total. The van der Waals surface area contributed by atoms with E-state index in [9.17, 15) is 14.0 Å². The van der Waals surface area contributed by atoms with Gasteiger partial charge in [0, 0.05) is 0 Å². The number of rotatable bonds is 3. The largest absolute Gasteiger partial charge is 0.478 e.